The summed E-state index contributed by atoms with van der Waals surface area (Å²) >= 11 is 3.45. The highest BCUT2D eigenvalue weighted by Gasteiger charge is 2.13. The highest BCUT2D eigenvalue weighted by molar-refractivity contribution is 9.10. The predicted octanol–water partition coefficient (Wildman–Crippen LogP) is 3.91. The maximum absolute atomic E-state index is 10.2. The van der Waals surface area contributed by atoms with Crippen molar-refractivity contribution in [2.24, 2.45) is 0 Å². The fourth-order valence-electron chi connectivity index (χ4n) is 1.64. The molecule has 0 saturated carbocycles. The molecular formula is C14H15BrO3. The molecule has 0 amide bonds. The molecule has 96 valence electrons. The van der Waals surface area contributed by atoms with Crippen LogP contribution in [0.25, 0.3) is 0 Å². The van der Waals surface area contributed by atoms with Crippen LogP contribution in [0.1, 0.15) is 30.6 Å². The van der Waals surface area contributed by atoms with Gasteiger partial charge < -0.3 is 14.3 Å². The number of hydrogen-bond acceptors (Lipinski definition) is 3. The van der Waals surface area contributed by atoms with E-state index >= 15 is 0 Å². The number of benzene rings is 1. The molecule has 1 atom stereocenters. The van der Waals surface area contributed by atoms with E-state index in [1.165, 1.54) is 0 Å². The lowest BCUT2D eigenvalue weighted by molar-refractivity contribution is 0.219. The molecule has 2 rings (SSSR count). The Hall–Kier alpha value is -1.26. The van der Waals surface area contributed by atoms with E-state index in [-0.39, 0.29) is 0 Å². The second-order valence-electron chi connectivity index (χ2n) is 4.00. The standard InChI is InChI=1S/C14H15BrO3/c1-2-6-18-13-4-3-10(8-12(13)15)14(16)11-5-7-17-9-11/h3-5,7-9,14,16H,2,6H2,1H3. The van der Waals surface area contributed by atoms with E-state index in [0.717, 1.165) is 27.8 Å². The molecule has 18 heavy (non-hydrogen) atoms. The minimum Gasteiger partial charge on any atom is -0.492 e. The molecule has 4 heteroatoms. The van der Waals surface area contributed by atoms with Gasteiger partial charge in [0.25, 0.3) is 0 Å². The monoisotopic (exact) mass is 310 g/mol. The van der Waals surface area contributed by atoms with E-state index in [1.807, 2.05) is 18.2 Å². The lowest BCUT2D eigenvalue weighted by Gasteiger charge is -2.12. The van der Waals surface area contributed by atoms with Gasteiger partial charge in [0.2, 0.25) is 0 Å². The molecule has 1 heterocycles. The first-order chi connectivity index (χ1) is 8.72. The summed E-state index contributed by atoms with van der Waals surface area (Å²) in [6.07, 6.45) is 3.37. The number of hydrogen-bond donors (Lipinski definition) is 1. The van der Waals surface area contributed by atoms with Crippen LogP contribution >= 0.6 is 15.9 Å². The molecule has 1 N–H and O–H groups in total. The molecule has 1 unspecified atom stereocenters. The molecule has 0 aliphatic rings. The third kappa shape index (κ3) is 2.94. The lowest BCUT2D eigenvalue weighted by Crippen LogP contribution is -2.00. The van der Waals surface area contributed by atoms with E-state index in [0.29, 0.717) is 6.61 Å². The Balaban J connectivity index is 2.18. The molecule has 0 radical (unpaired) electrons. The van der Waals surface area contributed by atoms with Gasteiger partial charge in [0.05, 0.1) is 23.6 Å². The molecule has 0 bridgehead atoms. The molecular weight excluding hydrogens is 296 g/mol. The topological polar surface area (TPSA) is 42.6 Å². The summed E-state index contributed by atoms with van der Waals surface area (Å²) in [5.41, 5.74) is 1.54. The fourth-order valence-corrected chi connectivity index (χ4v) is 2.15. The van der Waals surface area contributed by atoms with E-state index < -0.39 is 6.10 Å². The van der Waals surface area contributed by atoms with Crippen molar-refractivity contribution in [3.05, 3.63) is 52.4 Å². The maximum Gasteiger partial charge on any atom is 0.133 e. The fraction of sp³-hybridized carbons (Fsp3) is 0.286. The number of aliphatic hydroxyl groups is 1. The number of halogens is 1. The average molecular weight is 311 g/mol. The van der Waals surface area contributed by atoms with Gasteiger partial charge in [-0.2, -0.15) is 0 Å². The Morgan fingerprint density at radius 2 is 2.17 bits per heavy atom. The molecule has 0 aliphatic heterocycles. The minimum absolute atomic E-state index is 0.680. The van der Waals surface area contributed by atoms with Gasteiger partial charge >= 0.3 is 0 Å². The molecule has 0 aliphatic carbocycles. The number of furan rings is 1. The van der Waals surface area contributed by atoms with Gasteiger partial charge in [-0.1, -0.05) is 13.0 Å². The van der Waals surface area contributed by atoms with Crippen molar-refractivity contribution < 1.29 is 14.3 Å². The maximum atomic E-state index is 10.2. The third-order valence-electron chi connectivity index (χ3n) is 2.59. The zero-order valence-electron chi connectivity index (χ0n) is 10.1. The van der Waals surface area contributed by atoms with Crippen LogP contribution in [0.15, 0.2) is 45.7 Å². The van der Waals surface area contributed by atoms with Crippen molar-refractivity contribution in [2.75, 3.05) is 6.61 Å². The Morgan fingerprint density at radius 1 is 1.33 bits per heavy atom. The number of rotatable bonds is 5. The summed E-state index contributed by atoms with van der Waals surface area (Å²) < 4.78 is 11.4. The summed E-state index contributed by atoms with van der Waals surface area (Å²) in [4.78, 5) is 0. The van der Waals surface area contributed by atoms with Crippen molar-refractivity contribution >= 4 is 15.9 Å². The van der Waals surface area contributed by atoms with Crippen LogP contribution in [0.2, 0.25) is 0 Å². The van der Waals surface area contributed by atoms with Gasteiger partial charge in [0.1, 0.15) is 11.9 Å². The molecule has 0 fully saturated rings. The third-order valence-corrected chi connectivity index (χ3v) is 3.21. The van der Waals surface area contributed by atoms with Crippen LogP contribution in [0, 0.1) is 0 Å². The van der Waals surface area contributed by atoms with Crippen LogP contribution in [-0.2, 0) is 0 Å². The van der Waals surface area contributed by atoms with Crippen molar-refractivity contribution in [3.8, 4) is 5.75 Å². The molecule has 0 saturated heterocycles. The summed E-state index contributed by atoms with van der Waals surface area (Å²) in [5, 5.41) is 10.2. The highest BCUT2D eigenvalue weighted by Crippen LogP contribution is 2.30. The molecule has 0 spiro atoms. The van der Waals surface area contributed by atoms with Crippen molar-refractivity contribution in [1.82, 2.24) is 0 Å². The van der Waals surface area contributed by atoms with E-state index in [9.17, 15) is 5.11 Å². The second kappa shape index (κ2) is 6.07. The first kappa shape index (κ1) is 13.2. The summed E-state index contributed by atoms with van der Waals surface area (Å²) in [6, 6.07) is 7.33. The number of aliphatic hydroxyl groups excluding tert-OH is 1. The van der Waals surface area contributed by atoms with E-state index in [4.69, 9.17) is 9.15 Å². The average Bonchev–Trinajstić information content (AvgIpc) is 2.90. The van der Waals surface area contributed by atoms with Crippen LogP contribution < -0.4 is 4.74 Å². The Morgan fingerprint density at radius 3 is 2.78 bits per heavy atom. The largest absolute Gasteiger partial charge is 0.492 e. The van der Waals surface area contributed by atoms with Gasteiger partial charge in [0.15, 0.2) is 0 Å². The Labute approximate surface area is 115 Å². The molecule has 1 aromatic heterocycles. The molecule has 3 nitrogen and oxygen atoms in total. The molecule has 1 aromatic carbocycles. The van der Waals surface area contributed by atoms with Gasteiger partial charge in [-0.15, -0.1) is 0 Å². The van der Waals surface area contributed by atoms with Gasteiger partial charge in [-0.05, 0) is 46.1 Å². The second-order valence-corrected chi connectivity index (χ2v) is 4.85. The Kier molecular flexibility index (Phi) is 4.44. The first-order valence-corrected chi connectivity index (χ1v) is 6.64. The summed E-state index contributed by atoms with van der Waals surface area (Å²) in [6.45, 7) is 2.74. The van der Waals surface area contributed by atoms with E-state index in [1.54, 1.807) is 18.6 Å². The van der Waals surface area contributed by atoms with Crippen LogP contribution in [0.3, 0.4) is 0 Å². The van der Waals surface area contributed by atoms with Crippen molar-refractivity contribution in [1.29, 1.82) is 0 Å². The quantitative estimate of drug-likeness (QED) is 0.910. The molecule has 2 aromatic rings. The van der Waals surface area contributed by atoms with Crippen LogP contribution in [-0.4, -0.2) is 11.7 Å². The SMILES string of the molecule is CCCOc1ccc(C(O)c2ccoc2)cc1Br. The number of ether oxygens (including phenoxy) is 1. The Bertz CT molecular complexity index is 494. The zero-order chi connectivity index (χ0) is 13.0. The predicted molar refractivity (Wildman–Crippen MR) is 72.7 cm³/mol. The van der Waals surface area contributed by atoms with Gasteiger partial charge in [0, 0.05) is 5.56 Å². The van der Waals surface area contributed by atoms with Crippen molar-refractivity contribution in [3.63, 3.8) is 0 Å². The van der Waals surface area contributed by atoms with Crippen LogP contribution in [0.4, 0.5) is 0 Å². The smallest absolute Gasteiger partial charge is 0.133 e. The lowest BCUT2D eigenvalue weighted by atomic mass is 10.0. The van der Waals surface area contributed by atoms with E-state index in [2.05, 4.69) is 22.9 Å². The highest BCUT2D eigenvalue weighted by atomic mass is 79.9. The zero-order valence-corrected chi connectivity index (χ0v) is 11.7. The first-order valence-electron chi connectivity index (χ1n) is 5.84. The van der Waals surface area contributed by atoms with Gasteiger partial charge in [-0.25, -0.2) is 0 Å². The van der Waals surface area contributed by atoms with Crippen LogP contribution in [0.5, 0.6) is 5.75 Å². The normalized spacial score (nSPS) is 12.4. The minimum atomic E-state index is -0.680. The summed E-state index contributed by atoms with van der Waals surface area (Å²) in [5.74, 6) is 0.792. The van der Waals surface area contributed by atoms with Gasteiger partial charge in [-0.3, -0.25) is 0 Å². The van der Waals surface area contributed by atoms with Crippen molar-refractivity contribution in [2.45, 2.75) is 19.4 Å². The summed E-state index contributed by atoms with van der Waals surface area (Å²) in [7, 11) is 0.